The molecule has 0 N–H and O–H groups in total. The highest BCUT2D eigenvalue weighted by atomic mass is 16.6. The maximum atomic E-state index is 13.7. The molecule has 0 saturated carbocycles. The first-order chi connectivity index (χ1) is 18.3. The zero-order chi connectivity index (χ0) is 27.0. The largest absolute Gasteiger partial charge is 0.496 e. The Bertz CT molecular complexity index is 1470. The lowest BCUT2D eigenvalue weighted by Crippen LogP contribution is -2.50. The smallest absolute Gasteiger partial charge is 0.270 e. The van der Waals surface area contributed by atoms with Crippen LogP contribution >= 0.6 is 0 Å². The zero-order valence-corrected chi connectivity index (χ0v) is 21.1. The van der Waals surface area contributed by atoms with Gasteiger partial charge in [-0.2, -0.15) is 0 Å². The van der Waals surface area contributed by atoms with E-state index in [0.29, 0.717) is 55.5 Å². The number of benzene rings is 2. The summed E-state index contributed by atoms with van der Waals surface area (Å²) in [6.07, 6.45) is 3.83. The summed E-state index contributed by atoms with van der Waals surface area (Å²) in [6, 6.07) is 10.1. The molecule has 0 aliphatic carbocycles. The van der Waals surface area contributed by atoms with Crippen LogP contribution in [0.5, 0.6) is 5.75 Å². The molecule has 0 bridgehead atoms. The third kappa shape index (κ3) is 4.65. The summed E-state index contributed by atoms with van der Waals surface area (Å²) in [5.41, 5.74) is 2.87. The monoisotopic (exact) mass is 516 g/mol. The second-order valence-electron chi connectivity index (χ2n) is 9.76. The van der Waals surface area contributed by atoms with Crippen LogP contribution < -0.4 is 4.74 Å². The summed E-state index contributed by atoms with van der Waals surface area (Å²) in [6.45, 7) is 5.42. The maximum Gasteiger partial charge on any atom is 0.270 e. The molecule has 196 valence electrons. The second kappa shape index (κ2) is 10.1. The van der Waals surface area contributed by atoms with Crippen LogP contribution in [0.2, 0.25) is 0 Å². The summed E-state index contributed by atoms with van der Waals surface area (Å²) in [7, 11) is 1.62. The number of non-ortho nitro benzene ring substituents is 1. The van der Waals surface area contributed by atoms with Crippen LogP contribution in [0.15, 0.2) is 55.3 Å². The molecule has 0 spiro atoms. The molecule has 5 rings (SSSR count). The number of aromatic nitrogens is 1. The molecule has 2 amide bonds. The molecule has 10 nitrogen and oxygen atoms in total. The number of carbonyl (C=O) groups excluding carboxylic acids is 3. The van der Waals surface area contributed by atoms with Crippen molar-refractivity contribution in [1.29, 1.82) is 0 Å². The van der Waals surface area contributed by atoms with Crippen molar-refractivity contribution in [2.24, 2.45) is 5.92 Å². The molecular formula is C28H28N4O6. The van der Waals surface area contributed by atoms with Crippen molar-refractivity contribution < 1.29 is 24.0 Å². The van der Waals surface area contributed by atoms with Gasteiger partial charge in [0.1, 0.15) is 5.75 Å². The number of carbonyl (C=O) groups is 3. The summed E-state index contributed by atoms with van der Waals surface area (Å²) in [5.74, 6) is 0.458. The van der Waals surface area contributed by atoms with Crippen LogP contribution in [-0.4, -0.2) is 63.6 Å². The molecule has 2 aliphatic rings. The van der Waals surface area contributed by atoms with Gasteiger partial charge in [0.2, 0.25) is 5.91 Å². The summed E-state index contributed by atoms with van der Waals surface area (Å²) < 4.78 is 7.16. The van der Waals surface area contributed by atoms with Crippen molar-refractivity contribution in [2.45, 2.75) is 25.9 Å². The Labute approximate surface area is 219 Å². The maximum absolute atomic E-state index is 13.7. The Hall–Kier alpha value is -4.47. The van der Waals surface area contributed by atoms with Crippen LogP contribution in [0, 0.1) is 16.0 Å². The molecule has 1 aromatic heterocycles. The number of nitro benzene ring substituents is 1. The lowest BCUT2D eigenvalue weighted by atomic mass is 9.94. The average molecular weight is 517 g/mol. The van der Waals surface area contributed by atoms with Crippen LogP contribution in [0.25, 0.3) is 10.9 Å². The summed E-state index contributed by atoms with van der Waals surface area (Å²) in [5, 5.41) is 11.9. The first-order valence-corrected chi connectivity index (χ1v) is 12.4. The zero-order valence-electron chi connectivity index (χ0n) is 21.1. The lowest BCUT2D eigenvalue weighted by molar-refractivity contribution is -0.384. The number of likely N-dealkylation sites (tertiary alicyclic amines) is 1. The Morgan fingerprint density at radius 1 is 1.18 bits per heavy atom. The van der Waals surface area contributed by atoms with E-state index in [-0.39, 0.29) is 35.7 Å². The van der Waals surface area contributed by atoms with Crippen molar-refractivity contribution >= 4 is 34.2 Å². The fourth-order valence-corrected chi connectivity index (χ4v) is 5.39. The van der Waals surface area contributed by atoms with Crippen LogP contribution in [0.1, 0.15) is 27.9 Å². The van der Waals surface area contributed by atoms with Crippen molar-refractivity contribution in [3.05, 3.63) is 82.1 Å². The normalized spacial score (nSPS) is 15.1. The van der Waals surface area contributed by atoms with E-state index in [9.17, 15) is 24.5 Å². The first-order valence-electron chi connectivity index (χ1n) is 12.4. The van der Waals surface area contributed by atoms with Gasteiger partial charge in [-0.3, -0.25) is 24.5 Å². The van der Waals surface area contributed by atoms with Crippen LogP contribution in [0.4, 0.5) is 5.69 Å². The van der Waals surface area contributed by atoms with E-state index >= 15 is 0 Å². The molecule has 3 heterocycles. The van der Waals surface area contributed by atoms with E-state index in [1.807, 2.05) is 18.2 Å². The number of hydrogen-bond donors (Lipinski definition) is 0. The van der Waals surface area contributed by atoms with Gasteiger partial charge in [0.25, 0.3) is 11.6 Å². The number of ketones is 1. The number of rotatable bonds is 8. The molecule has 0 radical (unpaired) electrons. The van der Waals surface area contributed by atoms with E-state index in [2.05, 4.69) is 6.58 Å². The van der Waals surface area contributed by atoms with Crippen LogP contribution in [0.3, 0.4) is 0 Å². The van der Waals surface area contributed by atoms with E-state index in [1.54, 1.807) is 33.7 Å². The minimum atomic E-state index is -0.494. The average Bonchev–Trinajstić information content (AvgIpc) is 3.26. The third-order valence-electron chi connectivity index (χ3n) is 7.34. The topological polar surface area (TPSA) is 115 Å². The standard InChI is InChI=1S/C28H28N4O6/c1-3-27(34)31-13-18(14-31)11-21(33)16-30-17-24(23-12-20(32(36)37)7-8-25(23)30)28(35)29-10-9-22-19(15-29)5-4-6-26(22)38-2/h3-8,12,17-18H,1,9-11,13-16H2,2H3. The minimum Gasteiger partial charge on any atom is -0.496 e. The highest BCUT2D eigenvalue weighted by molar-refractivity contribution is 6.08. The Kier molecular flexibility index (Phi) is 6.71. The van der Waals surface area contributed by atoms with E-state index in [4.69, 9.17) is 4.74 Å². The fraction of sp³-hybridized carbons (Fsp3) is 0.321. The molecule has 1 fully saturated rings. The molecule has 1 saturated heterocycles. The third-order valence-corrected chi connectivity index (χ3v) is 7.34. The summed E-state index contributed by atoms with van der Waals surface area (Å²) in [4.78, 5) is 52.6. The Balaban J connectivity index is 1.39. The van der Waals surface area contributed by atoms with Gasteiger partial charge in [0.15, 0.2) is 5.78 Å². The number of hydrogen-bond acceptors (Lipinski definition) is 6. The quantitative estimate of drug-likeness (QED) is 0.258. The number of amides is 2. The molecule has 10 heteroatoms. The molecule has 2 aromatic carbocycles. The first kappa shape index (κ1) is 25.2. The highest BCUT2D eigenvalue weighted by Gasteiger charge is 2.31. The van der Waals surface area contributed by atoms with Gasteiger partial charge in [0.05, 0.1) is 24.1 Å². The van der Waals surface area contributed by atoms with Crippen molar-refractivity contribution in [3.63, 3.8) is 0 Å². The van der Waals surface area contributed by atoms with Gasteiger partial charge in [-0.05, 0) is 30.2 Å². The van der Waals surface area contributed by atoms with Gasteiger partial charge in [-0.25, -0.2) is 0 Å². The molecule has 0 atom stereocenters. The Morgan fingerprint density at radius 3 is 2.68 bits per heavy atom. The Morgan fingerprint density at radius 2 is 1.97 bits per heavy atom. The van der Waals surface area contributed by atoms with Crippen LogP contribution in [-0.2, 0) is 29.1 Å². The number of nitro groups is 1. The second-order valence-corrected chi connectivity index (χ2v) is 9.76. The number of nitrogens with zero attached hydrogens (tertiary/aromatic N) is 4. The minimum absolute atomic E-state index is 0.0334. The van der Waals surface area contributed by atoms with E-state index < -0.39 is 4.92 Å². The van der Waals surface area contributed by atoms with E-state index in [0.717, 1.165) is 16.9 Å². The molecule has 38 heavy (non-hydrogen) atoms. The molecule has 3 aromatic rings. The van der Waals surface area contributed by atoms with Crippen molar-refractivity contribution in [2.75, 3.05) is 26.7 Å². The van der Waals surface area contributed by atoms with Gasteiger partial charge in [-0.1, -0.05) is 18.7 Å². The van der Waals surface area contributed by atoms with Gasteiger partial charge in [-0.15, -0.1) is 0 Å². The van der Waals surface area contributed by atoms with Gasteiger partial charge < -0.3 is 19.1 Å². The number of Topliss-reactive ketones (excluding diaryl/α,β-unsaturated/α-hetero) is 1. The molecule has 2 aliphatic heterocycles. The molecular weight excluding hydrogens is 488 g/mol. The number of ether oxygens (including phenoxy) is 1. The van der Waals surface area contributed by atoms with E-state index in [1.165, 1.54) is 18.2 Å². The molecule has 0 unspecified atom stereocenters. The SMILES string of the molecule is C=CC(=O)N1CC(CC(=O)Cn2cc(C(=O)N3CCc4c(cccc4OC)C3)c3cc([N+](=O)[O-])ccc32)C1. The predicted octanol–water partition coefficient (Wildman–Crippen LogP) is 3.36. The number of fused-ring (bicyclic) bond motifs is 2. The van der Waals surface area contributed by atoms with Gasteiger partial charge >= 0.3 is 0 Å². The van der Waals surface area contributed by atoms with Crippen molar-refractivity contribution in [1.82, 2.24) is 14.4 Å². The summed E-state index contributed by atoms with van der Waals surface area (Å²) >= 11 is 0. The lowest BCUT2D eigenvalue weighted by Gasteiger charge is -2.38. The predicted molar refractivity (Wildman–Crippen MR) is 140 cm³/mol. The van der Waals surface area contributed by atoms with Gasteiger partial charge in [0, 0.05) is 73.3 Å². The van der Waals surface area contributed by atoms with Crippen molar-refractivity contribution in [3.8, 4) is 5.75 Å². The number of methoxy groups -OCH3 is 1. The fourth-order valence-electron chi connectivity index (χ4n) is 5.39. The highest BCUT2D eigenvalue weighted by Crippen LogP contribution is 2.31.